The lowest BCUT2D eigenvalue weighted by atomic mass is 10.1. The Morgan fingerprint density at radius 3 is 2.59 bits per heavy atom. The van der Waals surface area contributed by atoms with Crippen LogP contribution in [0.1, 0.15) is 37.0 Å². The predicted octanol–water partition coefficient (Wildman–Crippen LogP) is 1.68. The Morgan fingerprint density at radius 2 is 2.00 bits per heavy atom. The van der Waals surface area contributed by atoms with Gasteiger partial charge in [0.05, 0.1) is 7.11 Å². The van der Waals surface area contributed by atoms with Gasteiger partial charge < -0.3 is 9.64 Å². The number of carbonyl (C=O) groups excluding carboxylic acids is 1. The van der Waals surface area contributed by atoms with Crippen molar-refractivity contribution in [2.45, 2.75) is 38.8 Å². The molecule has 2 atom stereocenters. The summed E-state index contributed by atoms with van der Waals surface area (Å²) in [5.74, 6) is 0.654. The molecule has 7 nitrogen and oxygen atoms in total. The summed E-state index contributed by atoms with van der Waals surface area (Å²) in [6.45, 7) is 4.18. The van der Waals surface area contributed by atoms with Crippen LogP contribution in [0.15, 0.2) is 24.5 Å². The number of amides is 1. The highest BCUT2D eigenvalue weighted by atomic mass is 16.5. The van der Waals surface area contributed by atoms with Gasteiger partial charge in [-0.3, -0.25) is 4.79 Å². The molecule has 1 aliphatic rings. The number of benzene rings is 1. The Labute approximate surface area is 128 Å². The lowest BCUT2D eigenvalue weighted by Gasteiger charge is -2.26. The minimum absolute atomic E-state index is 0.0366. The van der Waals surface area contributed by atoms with Crippen molar-refractivity contribution in [3.8, 4) is 11.4 Å². The summed E-state index contributed by atoms with van der Waals surface area (Å²) >= 11 is 0. The Morgan fingerprint density at radius 1 is 1.27 bits per heavy atom. The number of rotatable bonds is 3. The van der Waals surface area contributed by atoms with Crippen LogP contribution in [0.25, 0.3) is 5.69 Å². The highest BCUT2D eigenvalue weighted by Gasteiger charge is 2.32. The molecule has 0 N–H and O–H groups in total. The zero-order chi connectivity index (χ0) is 15.7. The van der Waals surface area contributed by atoms with Gasteiger partial charge in [-0.15, -0.1) is 5.10 Å². The van der Waals surface area contributed by atoms with E-state index < -0.39 is 0 Å². The molecule has 1 amide bonds. The molecule has 1 aromatic carbocycles. The Bertz CT molecular complexity index is 661. The highest BCUT2D eigenvalue weighted by molar-refractivity contribution is 5.95. The summed E-state index contributed by atoms with van der Waals surface area (Å²) in [6, 6.07) is 5.86. The first-order chi connectivity index (χ1) is 10.6. The molecule has 0 saturated carbocycles. The van der Waals surface area contributed by atoms with Crippen LogP contribution in [-0.2, 0) is 0 Å². The predicted molar refractivity (Wildman–Crippen MR) is 80.0 cm³/mol. The number of likely N-dealkylation sites (tertiary alicyclic amines) is 1. The number of hydrogen-bond donors (Lipinski definition) is 0. The van der Waals surface area contributed by atoms with Gasteiger partial charge in [0.1, 0.15) is 17.8 Å². The first-order valence-electron chi connectivity index (χ1n) is 7.36. The van der Waals surface area contributed by atoms with Crippen LogP contribution in [0.4, 0.5) is 0 Å². The number of methoxy groups -OCH3 is 1. The third-order valence-electron chi connectivity index (χ3n) is 4.21. The van der Waals surface area contributed by atoms with E-state index in [0.29, 0.717) is 17.0 Å². The number of tetrazole rings is 1. The fourth-order valence-electron chi connectivity index (χ4n) is 3.02. The maximum atomic E-state index is 12.8. The zero-order valence-electron chi connectivity index (χ0n) is 12.9. The molecule has 1 fully saturated rings. The number of ether oxygens (including phenoxy) is 1. The molecule has 1 aliphatic heterocycles. The molecule has 3 rings (SSSR count). The third-order valence-corrected chi connectivity index (χ3v) is 4.21. The van der Waals surface area contributed by atoms with E-state index in [0.717, 1.165) is 12.8 Å². The van der Waals surface area contributed by atoms with Gasteiger partial charge in [0.25, 0.3) is 5.91 Å². The molecule has 1 saturated heterocycles. The number of hydrogen-bond acceptors (Lipinski definition) is 5. The molecule has 22 heavy (non-hydrogen) atoms. The van der Waals surface area contributed by atoms with Gasteiger partial charge in [0.2, 0.25) is 0 Å². The Balaban J connectivity index is 1.98. The number of carbonyl (C=O) groups is 1. The molecule has 2 heterocycles. The molecule has 1 aromatic heterocycles. The van der Waals surface area contributed by atoms with Gasteiger partial charge in [-0.25, -0.2) is 0 Å². The lowest BCUT2D eigenvalue weighted by molar-refractivity contribution is 0.0693. The van der Waals surface area contributed by atoms with Crippen molar-refractivity contribution >= 4 is 5.91 Å². The summed E-state index contributed by atoms with van der Waals surface area (Å²) in [7, 11) is 1.58. The summed E-state index contributed by atoms with van der Waals surface area (Å²) < 4.78 is 6.82. The summed E-state index contributed by atoms with van der Waals surface area (Å²) in [5.41, 5.74) is 1.27. The largest absolute Gasteiger partial charge is 0.494 e. The minimum atomic E-state index is 0.0366. The van der Waals surface area contributed by atoms with Gasteiger partial charge in [-0.05, 0) is 55.3 Å². The summed E-state index contributed by atoms with van der Waals surface area (Å²) in [4.78, 5) is 14.8. The van der Waals surface area contributed by atoms with Crippen LogP contribution in [0, 0.1) is 0 Å². The summed E-state index contributed by atoms with van der Waals surface area (Å²) in [6.07, 6.45) is 3.57. The first-order valence-corrected chi connectivity index (χ1v) is 7.36. The van der Waals surface area contributed by atoms with E-state index >= 15 is 0 Å². The van der Waals surface area contributed by atoms with Gasteiger partial charge in [0, 0.05) is 17.6 Å². The van der Waals surface area contributed by atoms with E-state index in [1.165, 1.54) is 11.0 Å². The van der Waals surface area contributed by atoms with Crippen LogP contribution >= 0.6 is 0 Å². The average Bonchev–Trinajstić information content (AvgIpc) is 3.16. The fourth-order valence-corrected chi connectivity index (χ4v) is 3.02. The smallest absolute Gasteiger partial charge is 0.254 e. The molecule has 116 valence electrons. The Kier molecular flexibility index (Phi) is 3.79. The quantitative estimate of drug-likeness (QED) is 0.862. The Hall–Kier alpha value is -2.44. The average molecular weight is 301 g/mol. The maximum Gasteiger partial charge on any atom is 0.254 e. The van der Waals surface area contributed by atoms with Gasteiger partial charge in [0.15, 0.2) is 0 Å². The van der Waals surface area contributed by atoms with Crippen molar-refractivity contribution in [3.05, 3.63) is 30.1 Å². The second kappa shape index (κ2) is 5.75. The van der Waals surface area contributed by atoms with Gasteiger partial charge in [-0.2, -0.15) is 4.68 Å². The van der Waals surface area contributed by atoms with Crippen LogP contribution in [-0.4, -0.2) is 50.2 Å². The van der Waals surface area contributed by atoms with E-state index in [1.807, 2.05) is 4.90 Å². The van der Waals surface area contributed by atoms with Crippen molar-refractivity contribution in [2.24, 2.45) is 0 Å². The molecule has 2 aromatic rings. The van der Waals surface area contributed by atoms with E-state index in [9.17, 15) is 4.79 Å². The third kappa shape index (κ3) is 2.43. The second-order valence-electron chi connectivity index (χ2n) is 5.63. The molecule has 7 heteroatoms. The molecule has 0 bridgehead atoms. The molecule has 0 aliphatic carbocycles. The van der Waals surface area contributed by atoms with E-state index in [-0.39, 0.29) is 18.0 Å². The van der Waals surface area contributed by atoms with Crippen LogP contribution in [0.2, 0.25) is 0 Å². The van der Waals surface area contributed by atoms with Crippen LogP contribution in [0.3, 0.4) is 0 Å². The maximum absolute atomic E-state index is 12.8. The number of nitrogens with zero attached hydrogens (tertiary/aromatic N) is 5. The van der Waals surface area contributed by atoms with Crippen molar-refractivity contribution in [3.63, 3.8) is 0 Å². The molecular formula is C15H19N5O2. The monoisotopic (exact) mass is 301 g/mol. The van der Waals surface area contributed by atoms with Crippen molar-refractivity contribution in [1.29, 1.82) is 0 Å². The van der Waals surface area contributed by atoms with Gasteiger partial charge >= 0.3 is 0 Å². The van der Waals surface area contributed by atoms with E-state index in [1.54, 1.807) is 25.3 Å². The molecule has 2 unspecified atom stereocenters. The summed E-state index contributed by atoms with van der Waals surface area (Å²) in [5, 5.41) is 11.1. The topological polar surface area (TPSA) is 73.1 Å². The zero-order valence-corrected chi connectivity index (χ0v) is 12.9. The first kappa shape index (κ1) is 14.5. The van der Waals surface area contributed by atoms with Crippen molar-refractivity contribution in [1.82, 2.24) is 25.1 Å². The SMILES string of the molecule is COc1ccc(C(=O)N2C(C)CCC2C)cc1-n1cnnn1. The second-order valence-corrected chi connectivity index (χ2v) is 5.63. The molecular weight excluding hydrogens is 282 g/mol. The van der Waals surface area contributed by atoms with E-state index in [2.05, 4.69) is 29.4 Å². The lowest BCUT2D eigenvalue weighted by Crippen LogP contribution is -2.38. The highest BCUT2D eigenvalue weighted by Crippen LogP contribution is 2.28. The van der Waals surface area contributed by atoms with Crippen molar-refractivity contribution in [2.75, 3.05) is 7.11 Å². The van der Waals surface area contributed by atoms with Crippen LogP contribution in [0.5, 0.6) is 5.75 Å². The molecule has 0 spiro atoms. The fraction of sp³-hybridized carbons (Fsp3) is 0.467. The van der Waals surface area contributed by atoms with Crippen molar-refractivity contribution < 1.29 is 9.53 Å². The standard InChI is InChI=1S/C15H19N5O2/c1-10-4-5-11(2)20(10)15(21)12-6-7-14(22-3)13(8-12)19-9-16-17-18-19/h6-11H,4-5H2,1-3H3. The van der Waals surface area contributed by atoms with Gasteiger partial charge in [-0.1, -0.05) is 0 Å². The normalized spacial score (nSPS) is 21.1. The number of aromatic nitrogens is 4. The minimum Gasteiger partial charge on any atom is -0.494 e. The molecule has 0 radical (unpaired) electrons. The van der Waals surface area contributed by atoms with E-state index in [4.69, 9.17) is 4.74 Å². The van der Waals surface area contributed by atoms with Crippen LogP contribution < -0.4 is 4.74 Å².